The summed E-state index contributed by atoms with van der Waals surface area (Å²) in [7, 11) is 2.14. The molecule has 2 aromatic rings. The predicted octanol–water partition coefficient (Wildman–Crippen LogP) is 2.85. The summed E-state index contributed by atoms with van der Waals surface area (Å²) in [6.07, 6.45) is 2.57. The van der Waals surface area contributed by atoms with Crippen LogP contribution in [0.3, 0.4) is 0 Å². The molecule has 1 N–H and O–H groups in total. The maximum absolute atomic E-state index is 4.89. The molecule has 3 heteroatoms. The Morgan fingerprint density at radius 1 is 1.32 bits per heavy atom. The first kappa shape index (κ1) is 12.7. The van der Waals surface area contributed by atoms with E-state index in [-0.39, 0.29) is 5.41 Å². The molecular weight excluding hydrogens is 234 g/mol. The molecule has 1 saturated heterocycles. The molecule has 1 aromatic heterocycles. The smallest absolute Gasteiger partial charge is 0.115 e. The number of nitrogens with zero attached hydrogens (tertiary/aromatic N) is 2. The fourth-order valence-corrected chi connectivity index (χ4v) is 3.37. The third-order valence-corrected chi connectivity index (χ3v) is 4.68. The second-order valence-corrected chi connectivity index (χ2v) is 6.25. The highest BCUT2D eigenvalue weighted by atomic mass is 15.1. The highest BCUT2D eigenvalue weighted by Crippen LogP contribution is 2.36. The maximum atomic E-state index is 4.89. The van der Waals surface area contributed by atoms with Crippen molar-refractivity contribution in [3.63, 3.8) is 0 Å². The zero-order valence-corrected chi connectivity index (χ0v) is 12.1. The number of piperidine rings is 1. The normalized spacial score (nSPS) is 20.9. The number of benzene rings is 1. The Labute approximate surface area is 115 Å². The Bertz CT molecular complexity index is 577. The van der Waals surface area contributed by atoms with Crippen molar-refractivity contribution in [1.29, 1.82) is 0 Å². The van der Waals surface area contributed by atoms with Gasteiger partial charge < -0.3 is 9.88 Å². The van der Waals surface area contributed by atoms with Gasteiger partial charge in [0, 0.05) is 12.5 Å². The highest BCUT2D eigenvalue weighted by molar-refractivity contribution is 5.76. The number of fused-ring (bicyclic) bond motifs is 1. The van der Waals surface area contributed by atoms with Crippen LogP contribution in [0.2, 0.25) is 0 Å². The number of imidazole rings is 1. The first-order valence-corrected chi connectivity index (χ1v) is 7.23. The average molecular weight is 257 g/mol. The van der Waals surface area contributed by atoms with Gasteiger partial charge in [0.2, 0.25) is 0 Å². The summed E-state index contributed by atoms with van der Waals surface area (Å²) in [5, 5.41) is 3.53. The standard InChI is InChI=1S/C16H23N3/c1-16(2,12-7-6-10-17-11-12)15-18-13-8-4-5-9-14(13)19(15)3/h4-5,8-9,12,17H,6-7,10-11H2,1-3H3. The molecule has 3 nitrogen and oxygen atoms in total. The Morgan fingerprint density at radius 3 is 2.79 bits per heavy atom. The number of aromatic nitrogens is 2. The molecule has 0 saturated carbocycles. The lowest BCUT2D eigenvalue weighted by Gasteiger charge is -2.36. The second-order valence-electron chi connectivity index (χ2n) is 6.25. The molecule has 1 aromatic carbocycles. The summed E-state index contributed by atoms with van der Waals surface area (Å²) in [6, 6.07) is 8.41. The van der Waals surface area contributed by atoms with Crippen LogP contribution in [-0.2, 0) is 12.5 Å². The molecule has 1 aliphatic rings. The number of rotatable bonds is 2. The van der Waals surface area contributed by atoms with Crippen molar-refractivity contribution < 1.29 is 0 Å². The molecule has 1 aliphatic heterocycles. The summed E-state index contributed by atoms with van der Waals surface area (Å²) in [5.74, 6) is 1.87. The van der Waals surface area contributed by atoms with E-state index in [0.29, 0.717) is 5.92 Å². The molecule has 19 heavy (non-hydrogen) atoms. The van der Waals surface area contributed by atoms with Crippen LogP contribution in [0.4, 0.5) is 0 Å². The van der Waals surface area contributed by atoms with Crippen molar-refractivity contribution in [2.75, 3.05) is 13.1 Å². The van der Waals surface area contributed by atoms with Gasteiger partial charge in [0.05, 0.1) is 11.0 Å². The number of aryl methyl sites for hydroxylation is 1. The fraction of sp³-hybridized carbons (Fsp3) is 0.562. The van der Waals surface area contributed by atoms with E-state index < -0.39 is 0 Å². The summed E-state index contributed by atoms with van der Waals surface area (Å²) in [6.45, 7) is 6.95. The van der Waals surface area contributed by atoms with Crippen molar-refractivity contribution in [3.05, 3.63) is 30.1 Å². The lowest BCUT2D eigenvalue weighted by molar-refractivity contribution is 0.238. The molecule has 1 atom stereocenters. The van der Waals surface area contributed by atoms with Crippen LogP contribution in [-0.4, -0.2) is 22.6 Å². The van der Waals surface area contributed by atoms with Gasteiger partial charge in [-0.25, -0.2) is 4.98 Å². The summed E-state index contributed by atoms with van der Waals surface area (Å²) in [5.41, 5.74) is 2.45. The fourth-order valence-electron chi connectivity index (χ4n) is 3.37. The second kappa shape index (κ2) is 4.64. The van der Waals surface area contributed by atoms with Gasteiger partial charge in [-0.2, -0.15) is 0 Å². The van der Waals surface area contributed by atoms with Crippen molar-refractivity contribution in [2.24, 2.45) is 13.0 Å². The van der Waals surface area contributed by atoms with E-state index in [2.05, 4.69) is 55.0 Å². The van der Waals surface area contributed by atoms with Gasteiger partial charge in [-0.05, 0) is 44.0 Å². The van der Waals surface area contributed by atoms with E-state index >= 15 is 0 Å². The molecule has 2 heterocycles. The van der Waals surface area contributed by atoms with Crippen molar-refractivity contribution >= 4 is 11.0 Å². The molecule has 0 bridgehead atoms. The summed E-state index contributed by atoms with van der Waals surface area (Å²) in [4.78, 5) is 4.89. The van der Waals surface area contributed by atoms with Gasteiger partial charge in [-0.1, -0.05) is 26.0 Å². The lowest BCUT2D eigenvalue weighted by atomic mass is 9.74. The minimum Gasteiger partial charge on any atom is -0.331 e. The molecule has 0 amide bonds. The van der Waals surface area contributed by atoms with Crippen LogP contribution in [0.5, 0.6) is 0 Å². The van der Waals surface area contributed by atoms with Crippen LogP contribution in [0.25, 0.3) is 11.0 Å². The van der Waals surface area contributed by atoms with Crippen LogP contribution in [0.15, 0.2) is 24.3 Å². The van der Waals surface area contributed by atoms with Gasteiger partial charge in [0.15, 0.2) is 0 Å². The van der Waals surface area contributed by atoms with E-state index in [1.165, 1.54) is 24.2 Å². The Hall–Kier alpha value is -1.35. The summed E-state index contributed by atoms with van der Waals surface area (Å²) >= 11 is 0. The minimum absolute atomic E-state index is 0.112. The lowest BCUT2D eigenvalue weighted by Crippen LogP contribution is -2.42. The summed E-state index contributed by atoms with van der Waals surface area (Å²) < 4.78 is 2.27. The van der Waals surface area contributed by atoms with Gasteiger partial charge in [0.25, 0.3) is 0 Å². The predicted molar refractivity (Wildman–Crippen MR) is 79.3 cm³/mol. The first-order valence-electron chi connectivity index (χ1n) is 7.23. The molecule has 1 fully saturated rings. The molecule has 0 spiro atoms. The number of para-hydroxylation sites is 2. The van der Waals surface area contributed by atoms with Gasteiger partial charge in [-0.15, -0.1) is 0 Å². The monoisotopic (exact) mass is 257 g/mol. The van der Waals surface area contributed by atoms with Gasteiger partial charge >= 0.3 is 0 Å². The van der Waals surface area contributed by atoms with Crippen molar-refractivity contribution in [1.82, 2.24) is 14.9 Å². The zero-order chi connectivity index (χ0) is 13.5. The number of nitrogens with one attached hydrogen (secondary N) is 1. The SMILES string of the molecule is Cn1c(C(C)(C)C2CCCNC2)nc2ccccc21. The number of hydrogen-bond acceptors (Lipinski definition) is 2. The molecular formula is C16H23N3. The topological polar surface area (TPSA) is 29.9 Å². The Morgan fingerprint density at radius 2 is 2.11 bits per heavy atom. The highest BCUT2D eigenvalue weighted by Gasteiger charge is 2.35. The van der Waals surface area contributed by atoms with Crippen LogP contribution < -0.4 is 5.32 Å². The van der Waals surface area contributed by atoms with E-state index in [4.69, 9.17) is 4.98 Å². The minimum atomic E-state index is 0.112. The average Bonchev–Trinajstić information content (AvgIpc) is 2.78. The van der Waals surface area contributed by atoms with Gasteiger partial charge in [0.1, 0.15) is 5.82 Å². The third-order valence-electron chi connectivity index (χ3n) is 4.68. The maximum Gasteiger partial charge on any atom is 0.115 e. The molecule has 102 valence electrons. The van der Waals surface area contributed by atoms with E-state index in [0.717, 1.165) is 18.6 Å². The first-order chi connectivity index (χ1) is 9.10. The quantitative estimate of drug-likeness (QED) is 0.896. The van der Waals surface area contributed by atoms with E-state index in [9.17, 15) is 0 Å². The largest absolute Gasteiger partial charge is 0.331 e. The van der Waals surface area contributed by atoms with E-state index in [1.807, 2.05) is 0 Å². The zero-order valence-electron chi connectivity index (χ0n) is 12.1. The molecule has 3 rings (SSSR count). The van der Waals surface area contributed by atoms with Crippen LogP contribution in [0, 0.1) is 5.92 Å². The van der Waals surface area contributed by atoms with Crippen LogP contribution in [0.1, 0.15) is 32.5 Å². The molecule has 0 radical (unpaired) electrons. The van der Waals surface area contributed by atoms with Crippen molar-refractivity contribution in [2.45, 2.75) is 32.1 Å². The van der Waals surface area contributed by atoms with E-state index in [1.54, 1.807) is 0 Å². The van der Waals surface area contributed by atoms with Crippen LogP contribution >= 0.6 is 0 Å². The Balaban J connectivity index is 2.04. The number of hydrogen-bond donors (Lipinski definition) is 1. The Kier molecular flexibility index (Phi) is 3.09. The molecule has 1 unspecified atom stereocenters. The third kappa shape index (κ3) is 2.06. The van der Waals surface area contributed by atoms with Gasteiger partial charge in [-0.3, -0.25) is 0 Å². The molecule has 0 aliphatic carbocycles. The van der Waals surface area contributed by atoms with Crippen molar-refractivity contribution in [3.8, 4) is 0 Å².